The van der Waals surface area contributed by atoms with Crippen LogP contribution in [-0.2, 0) is 13.8 Å². The highest BCUT2D eigenvalue weighted by atomic mass is 31.2. The molecule has 90 valence electrons. The maximum absolute atomic E-state index is 10.4. The minimum absolute atomic E-state index is 0.630. The molecule has 0 amide bonds. The average Bonchev–Trinajstić information content (AvgIpc) is 2.40. The molecule has 1 aliphatic rings. The van der Waals surface area contributed by atoms with Crippen molar-refractivity contribution in [3.05, 3.63) is 0 Å². The first-order chi connectivity index (χ1) is 7.19. The Morgan fingerprint density at radius 3 is 2.40 bits per heavy atom. The highest BCUT2D eigenvalue weighted by molar-refractivity contribution is 7.46. The molecule has 1 fully saturated rings. The topological polar surface area (TPSA) is 137 Å². The number of aliphatic hydroxyl groups excluding tert-OH is 3. The maximum atomic E-state index is 10.4. The van der Waals surface area contributed by atoms with Gasteiger partial charge in [-0.15, -0.1) is 0 Å². The highest BCUT2D eigenvalue weighted by Gasteiger charge is 2.43. The van der Waals surface area contributed by atoms with E-state index in [1.807, 2.05) is 0 Å². The molecule has 4 atom stereocenters. The van der Waals surface area contributed by atoms with Gasteiger partial charge in [-0.1, -0.05) is 0 Å². The van der Waals surface area contributed by atoms with Gasteiger partial charge in [0.25, 0.3) is 0 Å². The largest absolute Gasteiger partial charge is 0.469 e. The summed E-state index contributed by atoms with van der Waals surface area (Å²) in [5.74, 6) is 0. The molecule has 1 rings (SSSR count). The SMILES string of the molecule is [3H][C@]1(COP(=O)(O)O)O[C@H](CO)[C@H](O)[C@@H]1O. The Hall–Kier alpha value is -0.0500. The fraction of sp³-hybridized carbons (Fsp3) is 1.00. The second-order valence-electron chi connectivity index (χ2n) is 3.00. The first-order valence-corrected chi connectivity index (χ1v) is 5.57. The van der Waals surface area contributed by atoms with Gasteiger partial charge in [-0.25, -0.2) is 4.57 Å². The molecule has 0 unspecified atom stereocenters. The number of hydrogen-bond acceptors (Lipinski definition) is 6. The number of ether oxygens (including phenoxy) is 1. The van der Waals surface area contributed by atoms with Gasteiger partial charge in [0.2, 0.25) is 0 Å². The first kappa shape index (κ1) is 11.4. The van der Waals surface area contributed by atoms with Gasteiger partial charge >= 0.3 is 7.82 Å². The van der Waals surface area contributed by atoms with Crippen LogP contribution in [0.2, 0.25) is 0 Å². The molecule has 15 heavy (non-hydrogen) atoms. The zero-order chi connectivity index (χ0) is 12.6. The van der Waals surface area contributed by atoms with Crippen LogP contribution in [0.25, 0.3) is 0 Å². The number of rotatable bonds is 4. The zero-order valence-corrected chi connectivity index (χ0v) is 8.45. The van der Waals surface area contributed by atoms with Crippen LogP contribution in [-0.4, -0.2) is 62.7 Å². The summed E-state index contributed by atoms with van der Waals surface area (Å²) in [6.45, 7) is -1.55. The molecule has 1 saturated heterocycles. The summed E-state index contributed by atoms with van der Waals surface area (Å²) in [5, 5.41) is 27.5. The predicted octanol–water partition coefficient (Wildman–Crippen LogP) is -2.42. The van der Waals surface area contributed by atoms with Crippen LogP contribution in [0.15, 0.2) is 0 Å². The van der Waals surface area contributed by atoms with Gasteiger partial charge in [-0.2, -0.15) is 0 Å². The number of phosphoric acid groups is 1. The van der Waals surface area contributed by atoms with E-state index in [1.165, 1.54) is 0 Å². The van der Waals surface area contributed by atoms with Crippen molar-refractivity contribution in [2.75, 3.05) is 13.2 Å². The maximum Gasteiger partial charge on any atom is 0.469 e. The van der Waals surface area contributed by atoms with Crippen molar-refractivity contribution < 1.29 is 40.3 Å². The van der Waals surface area contributed by atoms with E-state index in [1.54, 1.807) is 0 Å². The third-order valence-corrected chi connectivity index (χ3v) is 2.36. The molecular formula is C6H13O8P. The molecular weight excluding hydrogens is 231 g/mol. The third-order valence-electron chi connectivity index (χ3n) is 1.89. The van der Waals surface area contributed by atoms with Crippen LogP contribution in [0.1, 0.15) is 1.37 Å². The molecule has 0 aromatic carbocycles. The first-order valence-electron chi connectivity index (χ1n) is 4.54. The number of phosphoric ester groups is 1. The Balaban J connectivity index is 2.67. The van der Waals surface area contributed by atoms with Crippen LogP contribution in [0.5, 0.6) is 0 Å². The van der Waals surface area contributed by atoms with Gasteiger partial charge < -0.3 is 29.8 Å². The lowest BCUT2D eigenvalue weighted by Gasteiger charge is -2.14. The molecule has 0 saturated carbocycles. The number of aliphatic hydroxyl groups is 3. The summed E-state index contributed by atoms with van der Waals surface area (Å²) in [6.07, 6.45) is -6.64. The molecule has 1 aliphatic heterocycles. The molecule has 0 radical (unpaired) electrons. The second kappa shape index (κ2) is 4.86. The minimum Gasteiger partial charge on any atom is -0.394 e. The Bertz CT molecular complexity index is 294. The van der Waals surface area contributed by atoms with Crippen molar-refractivity contribution in [1.29, 1.82) is 0 Å². The van der Waals surface area contributed by atoms with E-state index in [0.717, 1.165) is 0 Å². The van der Waals surface area contributed by atoms with Gasteiger partial charge in [0.15, 0.2) is 0 Å². The van der Waals surface area contributed by atoms with Crippen molar-refractivity contribution in [1.82, 2.24) is 0 Å². The van der Waals surface area contributed by atoms with Gasteiger partial charge in [-0.05, 0) is 0 Å². The van der Waals surface area contributed by atoms with Crippen LogP contribution < -0.4 is 0 Å². The molecule has 0 spiro atoms. The minimum atomic E-state index is -4.79. The van der Waals surface area contributed by atoms with Crippen LogP contribution >= 0.6 is 7.82 Å². The van der Waals surface area contributed by atoms with Gasteiger partial charge in [-0.3, -0.25) is 4.52 Å². The summed E-state index contributed by atoms with van der Waals surface area (Å²) in [5.41, 5.74) is 0. The van der Waals surface area contributed by atoms with E-state index >= 15 is 0 Å². The van der Waals surface area contributed by atoms with E-state index in [-0.39, 0.29) is 0 Å². The van der Waals surface area contributed by atoms with Crippen molar-refractivity contribution in [3.63, 3.8) is 0 Å². The fourth-order valence-electron chi connectivity index (χ4n) is 1.14. The standard InChI is InChI=1S/C6H13O8P/c7-1-3-5(8)6(9)4(14-3)2-13-15(10,11)12/h3-9H,1-2H2,(H2,10,11,12)/t3-,4-,5+,6-/m1/s1/i4T. The lowest BCUT2D eigenvalue weighted by molar-refractivity contribution is -0.0388. The van der Waals surface area contributed by atoms with Gasteiger partial charge in [0.05, 0.1) is 14.6 Å². The molecule has 0 aliphatic carbocycles. The van der Waals surface area contributed by atoms with E-state index in [4.69, 9.17) is 21.0 Å². The van der Waals surface area contributed by atoms with E-state index in [0.29, 0.717) is 0 Å². The normalized spacial score (nSPS) is 43.0. The highest BCUT2D eigenvalue weighted by Crippen LogP contribution is 2.37. The van der Waals surface area contributed by atoms with E-state index in [2.05, 4.69) is 4.52 Å². The lowest BCUT2D eigenvalue weighted by atomic mass is 10.1. The van der Waals surface area contributed by atoms with Crippen molar-refractivity contribution >= 4 is 7.82 Å². The Morgan fingerprint density at radius 1 is 1.40 bits per heavy atom. The fourth-order valence-corrected chi connectivity index (χ4v) is 1.44. The van der Waals surface area contributed by atoms with E-state index in [9.17, 15) is 14.8 Å². The smallest absolute Gasteiger partial charge is 0.394 e. The Kier molecular flexibility index (Phi) is 3.70. The molecule has 0 aromatic rings. The molecule has 0 aromatic heterocycles. The molecule has 9 heteroatoms. The Labute approximate surface area is 86.7 Å². The predicted molar refractivity (Wildman–Crippen MR) is 45.8 cm³/mol. The summed E-state index contributed by atoms with van der Waals surface area (Å²) < 4.78 is 26.7. The molecule has 0 bridgehead atoms. The van der Waals surface area contributed by atoms with Gasteiger partial charge in [0, 0.05) is 0 Å². The Morgan fingerprint density at radius 2 is 2.00 bits per heavy atom. The summed E-state index contributed by atoms with van der Waals surface area (Å²) in [6, 6.07) is 0. The van der Waals surface area contributed by atoms with E-state index < -0.39 is 45.4 Å². The lowest BCUT2D eigenvalue weighted by Crippen LogP contribution is -2.35. The zero-order valence-electron chi connectivity index (χ0n) is 8.55. The summed E-state index contributed by atoms with van der Waals surface area (Å²) in [7, 11) is -4.79. The van der Waals surface area contributed by atoms with Crippen molar-refractivity contribution in [3.8, 4) is 0 Å². The van der Waals surface area contributed by atoms with Crippen LogP contribution in [0.4, 0.5) is 0 Å². The average molecular weight is 246 g/mol. The van der Waals surface area contributed by atoms with Crippen LogP contribution in [0, 0.1) is 0 Å². The van der Waals surface area contributed by atoms with Crippen LogP contribution in [0.3, 0.4) is 0 Å². The molecule has 5 N–H and O–H groups in total. The number of hydrogen-bond donors (Lipinski definition) is 5. The quantitative estimate of drug-likeness (QED) is 0.345. The summed E-state index contributed by atoms with van der Waals surface area (Å²) >= 11 is 0. The molecule has 1 heterocycles. The monoisotopic (exact) mass is 246 g/mol. The third kappa shape index (κ3) is 3.47. The molecule has 8 nitrogen and oxygen atoms in total. The summed E-state index contributed by atoms with van der Waals surface area (Å²) in [4.78, 5) is 16.8. The van der Waals surface area contributed by atoms with Crippen molar-refractivity contribution in [2.45, 2.75) is 24.4 Å². The second-order valence-corrected chi connectivity index (χ2v) is 4.24. The van der Waals surface area contributed by atoms with Crippen molar-refractivity contribution in [2.24, 2.45) is 0 Å². The van der Waals surface area contributed by atoms with Gasteiger partial charge in [0.1, 0.15) is 24.4 Å².